The fourth-order valence-electron chi connectivity index (χ4n) is 3.94. The molecule has 4 N–H and O–H groups in total. The second kappa shape index (κ2) is 10.6. The van der Waals surface area contributed by atoms with Gasteiger partial charge in [0.1, 0.15) is 11.6 Å². The van der Waals surface area contributed by atoms with Crippen LogP contribution in [0.1, 0.15) is 44.7 Å². The number of benzene rings is 2. The first-order valence-electron chi connectivity index (χ1n) is 11.7. The average Bonchev–Trinajstić information content (AvgIpc) is 3.60. The average molecular weight is 559 g/mol. The number of sulfonamides is 1. The number of rotatable bonds is 10. The number of primary sulfonamides is 1. The van der Waals surface area contributed by atoms with Crippen molar-refractivity contribution in [2.45, 2.75) is 67.7 Å². The van der Waals surface area contributed by atoms with Gasteiger partial charge in [-0.2, -0.15) is 27.2 Å². The van der Waals surface area contributed by atoms with Crippen LogP contribution in [0.5, 0.6) is 0 Å². The zero-order valence-corrected chi connectivity index (χ0v) is 21.3. The van der Waals surface area contributed by atoms with Gasteiger partial charge in [-0.15, -0.1) is 0 Å². The van der Waals surface area contributed by atoms with Crippen molar-refractivity contribution in [3.05, 3.63) is 54.1 Å². The largest absolute Gasteiger partial charge is 0.455 e. The number of carbonyl (C=O) groups is 1. The standard InChI is InChI=1S/C25H27F5N4O3S/c1-15(2)13-20(34-23(14-31)11-12-23)22(35)33-21(24(26,27)25(28,29)30)18-5-3-16(4-6-18)17-7-9-19(10-8-17)38(32,36)37/h3-10,15,20-21,34H,11-13H2,1-2H3,(H,33,35)(H2,32,36,37)/t20-,21-/m0/s1. The maximum Gasteiger partial charge on any atom is 0.455 e. The Kier molecular flexibility index (Phi) is 8.21. The molecule has 7 nitrogen and oxygen atoms in total. The molecule has 13 heteroatoms. The van der Waals surface area contributed by atoms with Crippen LogP contribution < -0.4 is 15.8 Å². The van der Waals surface area contributed by atoms with Gasteiger partial charge in [0.2, 0.25) is 15.9 Å². The summed E-state index contributed by atoms with van der Waals surface area (Å²) in [6.45, 7) is 3.51. The Labute approximate surface area is 217 Å². The summed E-state index contributed by atoms with van der Waals surface area (Å²) in [6, 6.07) is 8.06. The van der Waals surface area contributed by atoms with Crippen LogP contribution in [0.3, 0.4) is 0 Å². The van der Waals surface area contributed by atoms with Gasteiger partial charge in [-0.1, -0.05) is 50.2 Å². The molecule has 0 radical (unpaired) electrons. The zero-order chi connectivity index (χ0) is 28.5. The first-order valence-corrected chi connectivity index (χ1v) is 13.2. The molecule has 2 atom stereocenters. The quantitative estimate of drug-likeness (QED) is 0.373. The summed E-state index contributed by atoms with van der Waals surface area (Å²) < 4.78 is 92.5. The minimum atomic E-state index is -5.96. The zero-order valence-electron chi connectivity index (χ0n) is 20.5. The van der Waals surface area contributed by atoms with Crippen LogP contribution in [-0.2, 0) is 14.8 Å². The van der Waals surface area contributed by atoms with Gasteiger partial charge < -0.3 is 5.32 Å². The fourth-order valence-corrected chi connectivity index (χ4v) is 4.46. The van der Waals surface area contributed by atoms with Crippen molar-refractivity contribution >= 4 is 15.9 Å². The van der Waals surface area contributed by atoms with Crippen molar-refractivity contribution in [1.82, 2.24) is 10.6 Å². The van der Waals surface area contributed by atoms with E-state index in [2.05, 4.69) is 5.32 Å². The molecule has 3 rings (SSSR count). The molecule has 206 valence electrons. The molecule has 0 saturated heterocycles. The summed E-state index contributed by atoms with van der Waals surface area (Å²) in [4.78, 5) is 12.9. The summed E-state index contributed by atoms with van der Waals surface area (Å²) in [5, 5.41) is 19.1. The Hall–Kier alpha value is -3.08. The molecule has 1 aliphatic carbocycles. The van der Waals surface area contributed by atoms with Crippen LogP contribution in [0.15, 0.2) is 53.4 Å². The van der Waals surface area contributed by atoms with Crippen LogP contribution in [0, 0.1) is 17.2 Å². The summed E-state index contributed by atoms with van der Waals surface area (Å²) in [5.74, 6) is -6.50. The lowest BCUT2D eigenvalue weighted by atomic mass is 9.95. The first kappa shape index (κ1) is 29.5. The highest BCUT2D eigenvalue weighted by Crippen LogP contribution is 2.45. The normalized spacial score (nSPS) is 16.9. The maximum atomic E-state index is 14.7. The van der Waals surface area contributed by atoms with Gasteiger partial charge in [-0.3, -0.25) is 10.1 Å². The van der Waals surface area contributed by atoms with Crippen LogP contribution in [0.4, 0.5) is 22.0 Å². The van der Waals surface area contributed by atoms with Gasteiger partial charge in [0.05, 0.1) is 17.0 Å². The number of nitrogens with two attached hydrogens (primary N) is 1. The van der Waals surface area contributed by atoms with E-state index in [0.29, 0.717) is 24.0 Å². The van der Waals surface area contributed by atoms with E-state index in [9.17, 15) is 40.4 Å². The summed E-state index contributed by atoms with van der Waals surface area (Å²) in [6.07, 6.45) is -4.97. The van der Waals surface area contributed by atoms with Crippen molar-refractivity contribution in [1.29, 1.82) is 5.26 Å². The van der Waals surface area contributed by atoms with Gasteiger partial charge in [-0.25, -0.2) is 13.6 Å². The molecular formula is C25H27F5N4O3S. The minimum Gasteiger partial charge on any atom is -0.342 e. The highest BCUT2D eigenvalue weighted by Gasteiger charge is 2.63. The summed E-state index contributed by atoms with van der Waals surface area (Å²) >= 11 is 0. The molecule has 0 spiro atoms. The highest BCUT2D eigenvalue weighted by atomic mass is 32.2. The third kappa shape index (κ3) is 6.67. The van der Waals surface area contributed by atoms with Crippen LogP contribution in [0.2, 0.25) is 0 Å². The molecule has 2 aromatic rings. The molecule has 1 saturated carbocycles. The molecule has 0 bridgehead atoms. The Morgan fingerprint density at radius 2 is 1.53 bits per heavy atom. The molecule has 38 heavy (non-hydrogen) atoms. The van der Waals surface area contributed by atoms with Gasteiger partial charge >= 0.3 is 12.1 Å². The molecular weight excluding hydrogens is 531 g/mol. The Morgan fingerprint density at radius 1 is 1.03 bits per heavy atom. The van der Waals surface area contributed by atoms with E-state index in [1.165, 1.54) is 36.4 Å². The van der Waals surface area contributed by atoms with Crippen LogP contribution >= 0.6 is 0 Å². The molecule has 1 amide bonds. The predicted octanol–water partition coefficient (Wildman–Crippen LogP) is 4.42. The fraction of sp³-hybridized carbons (Fsp3) is 0.440. The molecule has 0 unspecified atom stereocenters. The van der Waals surface area contributed by atoms with E-state index in [0.717, 1.165) is 12.1 Å². The Bertz CT molecular complexity index is 1300. The van der Waals surface area contributed by atoms with E-state index in [1.807, 2.05) is 11.4 Å². The van der Waals surface area contributed by atoms with Crippen LogP contribution in [0.25, 0.3) is 11.1 Å². The number of alkyl halides is 5. The third-order valence-electron chi connectivity index (χ3n) is 6.23. The smallest absolute Gasteiger partial charge is 0.342 e. The number of hydrogen-bond donors (Lipinski definition) is 3. The lowest BCUT2D eigenvalue weighted by Crippen LogP contribution is -2.55. The van der Waals surface area contributed by atoms with Gasteiger partial charge in [0, 0.05) is 0 Å². The number of nitrogens with one attached hydrogen (secondary N) is 2. The lowest BCUT2D eigenvalue weighted by molar-refractivity contribution is -0.293. The van der Waals surface area contributed by atoms with Crippen molar-refractivity contribution in [3.63, 3.8) is 0 Å². The summed E-state index contributed by atoms with van der Waals surface area (Å²) in [7, 11) is -3.94. The van der Waals surface area contributed by atoms with Crippen molar-refractivity contribution in [2.24, 2.45) is 11.1 Å². The molecule has 0 heterocycles. The highest BCUT2D eigenvalue weighted by molar-refractivity contribution is 7.89. The second-order valence-electron chi connectivity index (χ2n) is 9.77. The van der Waals surface area contributed by atoms with Gasteiger partial charge in [0.15, 0.2) is 0 Å². The SMILES string of the molecule is CC(C)C[C@H](NC1(C#N)CC1)C(=O)N[C@@H](c1ccc(-c2ccc(S(N)(=O)=O)cc2)cc1)C(F)(F)C(F)(F)F. The monoisotopic (exact) mass is 558 g/mol. The molecule has 0 aliphatic heterocycles. The van der Waals surface area contributed by atoms with Gasteiger partial charge in [0.25, 0.3) is 0 Å². The number of nitriles is 1. The Balaban J connectivity index is 1.92. The molecule has 2 aromatic carbocycles. The van der Waals surface area contributed by atoms with E-state index >= 15 is 0 Å². The van der Waals surface area contributed by atoms with Gasteiger partial charge in [-0.05, 0) is 54.0 Å². The predicted molar refractivity (Wildman–Crippen MR) is 129 cm³/mol. The van der Waals surface area contributed by atoms with E-state index < -0.39 is 51.2 Å². The van der Waals surface area contributed by atoms with Crippen molar-refractivity contribution in [2.75, 3.05) is 0 Å². The van der Waals surface area contributed by atoms with E-state index in [1.54, 1.807) is 13.8 Å². The third-order valence-corrected chi connectivity index (χ3v) is 7.15. The minimum absolute atomic E-state index is 0.116. The Morgan fingerprint density at radius 3 is 1.92 bits per heavy atom. The summed E-state index contributed by atoms with van der Waals surface area (Å²) in [5.41, 5.74) is -0.631. The van der Waals surface area contributed by atoms with E-state index in [4.69, 9.17) is 5.14 Å². The molecule has 1 fully saturated rings. The first-order chi connectivity index (χ1) is 17.5. The topological polar surface area (TPSA) is 125 Å². The maximum absolute atomic E-state index is 14.7. The van der Waals surface area contributed by atoms with E-state index in [-0.39, 0.29) is 17.2 Å². The molecule has 1 aliphatic rings. The number of carbonyl (C=O) groups excluding carboxylic acids is 1. The number of halogens is 5. The second-order valence-corrected chi connectivity index (χ2v) is 11.3. The number of hydrogen-bond acceptors (Lipinski definition) is 5. The van der Waals surface area contributed by atoms with Crippen molar-refractivity contribution < 1.29 is 35.2 Å². The molecule has 0 aromatic heterocycles. The number of amides is 1. The van der Waals surface area contributed by atoms with Crippen molar-refractivity contribution in [3.8, 4) is 17.2 Å². The lowest BCUT2D eigenvalue weighted by Gasteiger charge is -2.32. The van der Waals surface area contributed by atoms with Crippen LogP contribution in [-0.4, -0.2) is 38.0 Å². The number of nitrogens with zero attached hydrogens (tertiary/aromatic N) is 1.